The van der Waals surface area contributed by atoms with Crippen LogP contribution in [-0.4, -0.2) is 23.3 Å². The van der Waals surface area contributed by atoms with Gasteiger partial charge in [-0.15, -0.1) is 0 Å². The molecule has 0 aromatic heterocycles. The summed E-state index contributed by atoms with van der Waals surface area (Å²) >= 11 is 0. The molecule has 0 aliphatic carbocycles. The molecule has 1 aromatic carbocycles. The number of fused-ring (bicyclic) bond motifs is 1. The van der Waals surface area contributed by atoms with Gasteiger partial charge in [-0.25, -0.2) is 0 Å². The van der Waals surface area contributed by atoms with Gasteiger partial charge < -0.3 is 0 Å². The zero-order chi connectivity index (χ0) is 15.4. The van der Waals surface area contributed by atoms with E-state index in [9.17, 15) is 9.59 Å². The first-order chi connectivity index (χ1) is 10.0. The second-order valence-electron chi connectivity index (χ2n) is 5.51. The topological polar surface area (TPSA) is 37.4 Å². The Labute approximate surface area is 126 Å². The Morgan fingerprint density at radius 3 is 2.19 bits per heavy atom. The standard InChI is InChI=1S/C18H21NO2/c1-4-14(12-13(2)3)8-7-11-19-17(20)15-9-5-6-10-16(15)18(19)21/h5-10,12-13H,4,11H2,1-3H3. The third-order valence-corrected chi connectivity index (χ3v) is 3.45. The molecule has 0 unspecified atom stereocenters. The van der Waals surface area contributed by atoms with E-state index in [0.717, 1.165) is 6.42 Å². The highest BCUT2D eigenvalue weighted by molar-refractivity contribution is 6.21. The van der Waals surface area contributed by atoms with E-state index in [0.29, 0.717) is 23.6 Å². The van der Waals surface area contributed by atoms with Crippen LogP contribution >= 0.6 is 0 Å². The van der Waals surface area contributed by atoms with Crippen LogP contribution < -0.4 is 0 Å². The molecule has 2 rings (SSSR count). The highest BCUT2D eigenvalue weighted by Gasteiger charge is 2.33. The van der Waals surface area contributed by atoms with Crippen LogP contribution in [0.2, 0.25) is 0 Å². The fourth-order valence-corrected chi connectivity index (χ4v) is 2.43. The van der Waals surface area contributed by atoms with Gasteiger partial charge in [-0.1, -0.05) is 56.7 Å². The molecular weight excluding hydrogens is 262 g/mol. The Morgan fingerprint density at radius 2 is 1.71 bits per heavy atom. The Bertz CT molecular complexity index is 576. The summed E-state index contributed by atoms with van der Waals surface area (Å²) < 4.78 is 0. The monoisotopic (exact) mass is 283 g/mol. The SMILES string of the molecule is CCC(C=CCN1C(=O)c2ccccc2C1=O)=CC(C)C. The molecule has 110 valence electrons. The van der Waals surface area contributed by atoms with Crippen molar-refractivity contribution in [2.24, 2.45) is 5.92 Å². The maximum absolute atomic E-state index is 12.2. The number of hydrogen-bond acceptors (Lipinski definition) is 2. The molecule has 3 heteroatoms. The van der Waals surface area contributed by atoms with Crippen LogP contribution in [-0.2, 0) is 0 Å². The second-order valence-corrected chi connectivity index (χ2v) is 5.51. The largest absolute Gasteiger partial charge is 0.270 e. The summed E-state index contributed by atoms with van der Waals surface area (Å²) in [5, 5.41) is 0. The molecule has 0 N–H and O–H groups in total. The Hall–Kier alpha value is -2.16. The van der Waals surface area contributed by atoms with E-state index in [4.69, 9.17) is 0 Å². The van der Waals surface area contributed by atoms with Crippen molar-refractivity contribution in [3.8, 4) is 0 Å². The van der Waals surface area contributed by atoms with E-state index in [1.807, 2.05) is 12.2 Å². The van der Waals surface area contributed by atoms with Gasteiger partial charge in [-0.3, -0.25) is 14.5 Å². The van der Waals surface area contributed by atoms with Crippen molar-refractivity contribution in [3.05, 3.63) is 59.2 Å². The van der Waals surface area contributed by atoms with Crippen LogP contribution in [0.25, 0.3) is 0 Å². The first-order valence-electron chi connectivity index (χ1n) is 7.37. The zero-order valence-corrected chi connectivity index (χ0v) is 12.8. The number of carbonyl (C=O) groups is 2. The van der Waals surface area contributed by atoms with Crippen LogP contribution in [0.4, 0.5) is 0 Å². The normalized spacial score (nSPS) is 15.4. The predicted octanol–water partition coefficient (Wildman–Crippen LogP) is 3.83. The molecule has 0 atom stereocenters. The summed E-state index contributed by atoms with van der Waals surface area (Å²) in [5.41, 5.74) is 2.23. The van der Waals surface area contributed by atoms with E-state index in [1.54, 1.807) is 24.3 Å². The lowest BCUT2D eigenvalue weighted by Crippen LogP contribution is -2.29. The molecule has 0 saturated carbocycles. The second kappa shape index (κ2) is 6.53. The number of carbonyl (C=O) groups excluding carboxylic acids is 2. The molecule has 0 radical (unpaired) electrons. The molecule has 1 aromatic rings. The minimum absolute atomic E-state index is 0.203. The number of benzene rings is 1. The van der Waals surface area contributed by atoms with Crippen molar-refractivity contribution in [2.75, 3.05) is 6.54 Å². The molecule has 0 saturated heterocycles. The van der Waals surface area contributed by atoms with Gasteiger partial charge in [0.1, 0.15) is 0 Å². The molecule has 1 aliphatic rings. The van der Waals surface area contributed by atoms with Gasteiger partial charge in [-0.05, 0) is 24.5 Å². The fraction of sp³-hybridized carbons (Fsp3) is 0.333. The minimum Gasteiger partial charge on any atom is -0.270 e. The average Bonchev–Trinajstić information content (AvgIpc) is 2.71. The zero-order valence-electron chi connectivity index (χ0n) is 12.8. The smallest absolute Gasteiger partial charge is 0.261 e. The van der Waals surface area contributed by atoms with Crippen LogP contribution in [0.3, 0.4) is 0 Å². The maximum Gasteiger partial charge on any atom is 0.261 e. The first kappa shape index (κ1) is 15.2. The number of hydrogen-bond donors (Lipinski definition) is 0. The number of allylic oxidation sites excluding steroid dienone is 3. The molecule has 0 bridgehead atoms. The quantitative estimate of drug-likeness (QED) is 0.608. The highest BCUT2D eigenvalue weighted by Crippen LogP contribution is 2.22. The number of amides is 2. The summed E-state index contributed by atoms with van der Waals surface area (Å²) in [6.45, 7) is 6.68. The molecule has 0 fully saturated rings. The molecule has 3 nitrogen and oxygen atoms in total. The molecule has 1 aliphatic heterocycles. The molecular formula is C18H21NO2. The van der Waals surface area contributed by atoms with E-state index in [-0.39, 0.29) is 11.8 Å². The van der Waals surface area contributed by atoms with Crippen molar-refractivity contribution < 1.29 is 9.59 Å². The van der Waals surface area contributed by atoms with Crippen LogP contribution in [0.5, 0.6) is 0 Å². The van der Waals surface area contributed by atoms with Gasteiger partial charge >= 0.3 is 0 Å². The van der Waals surface area contributed by atoms with Gasteiger partial charge in [0, 0.05) is 6.54 Å². The van der Waals surface area contributed by atoms with Crippen LogP contribution in [0.15, 0.2) is 48.1 Å². The van der Waals surface area contributed by atoms with E-state index >= 15 is 0 Å². The molecule has 1 heterocycles. The Morgan fingerprint density at radius 1 is 1.14 bits per heavy atom. The van der Waals surface area contributed by atoms with Crippen molar-refractivity contribution in [2.45, 2.75) is 27.2 Å². The van der Waals surface area contributed by atoms with E-state index < -0.39 is 0 Å². The lowest BCUT2D eigenvalue weighted by Gasteiger charge is -2.10. The third-order valence-electron chi connectivity index (χ3n) is 3.45. The lowest BCUT2D eigenvalue weighted by atomic mass is 10.1. The van der Waals surface area contributed by atoms with E-state index in [1.165, 1.54) is 10.5 Å². The van der Waals surface area contributed by atoms with Gasteiger partial charge in [0.25, 0.3) is 11.8 Å². The van der Waals surface area contributed by atoms with Crippen molar-refractivity contribution >= 4 is 11.8 Å². The van der Waals surface area contributed by atoms with Crippen LogP contribution in [0, 0.1) is 5.92 Å². The number of imide groups is 1. The molecule has 0 spiro atoms. The van der Waals surface area contributed by atoms with Crippen molar-refractivity contribution in [1.82, 2.24) is 4.90 Å². The average molecular weight is 283 g/mol. The predicted molar refractivity (Wildman–Crippen MR) is 84.2 cm³/mol. The molecule has 21 heavy (non-hydrogen) atoms. The minimum atomic E-state index is -0.203. The van der Waals surface area contributed by atoms with Gasteiger partial charge in [0.15, 0.2) is 0 Å². The van der Waals surface area contributed by atoms with Crippen molar-refractivity contribution in [1.29, 1.82) is 0 Å². The first-order valence-corrected chi connectivity index (χ1v) is 7.37. The molecule has 2 amide bonds. The summed E-state index contributed by atoms with van der Waals surface area (Å²) in [5.74, 6) is 0.0844. The number of nitrogens with zero attached hydrogens (tertiary/aromatic N) is 1. The van der Waals surface area contributed by atoms with Gasteiger partial charge in [-0.2, -0.15) is 0 Å². The third kappa shape index (κ3) is 3.30. The van der Waals surface area contributed by atoms with Gasteiger partial charge in [0.05, 0.1) is 11.1 Å². The van der Waals surface area contributed by atoms with Crippen LogP contribution in [0.1, 0.15) is 47.9 Å². The Kier molecular flexibility index (Phi) is 4.73. The van der Waals surface area contributed by atoms with Crippen molar-refractivity contribution in [3.63, 3.8) is 0 Å². The van der Waals surface area contributed by atoms with Gasteiger partial charge in [0.2, 0.25) is 0 Å². The fourth-order valence-electron chi connectivity index (χ4n) is 2.43. The summed E-state index contributed by atoms with van der Waals surface area (Å²) in [7, 11) is 0. The van der Waals surface area contributed by atoms with E-state index in [2.05, 4.69) is 26.8 Å². The Balaban J connectivity index is 2.09. The lowest BCUT2D eigenvalue weighted by molar-refractivity contribution is 0.0672. The number of rotatable bonds is 5. The summed E-state index contributed by atoms with van der Waals surface area (Å²) in [6, 6.07) is 6.97. The highest BCUT2D eigenvalue weighted by atomic mass is 16.2. The summed E-state index contributed by atoms with van der Waals surface area (Å²) in [6.07, 6.45) is 7.03. The maximum atomic E-state index is 12.2. The summed E-state index contributed by atoms with van der Waals surface area (Å²) in [4.78, 5) is 25.7.